The maximum absolute atomic E-state index is 12.0. The van der Waals surface area contributed by atoms with Gasteiger partial charge in [0.05, 0.1) is 10.5 Å². The van der Waals surface area contributed by atoms with E-state index in [-0.39, 0.29) is 16.3 Å². The van der Waals surface area contributed by atoms with Gasteiger partial charge < -0.3 is 14.3 Å². The summed E-state index contributed by atoms with van der Waals surface area (Å²) in [5.74, 6) is -1.08. The Bertz CT molecular complexity index is 865. The Morgan fingerprint density at radius 3 is 2.17 bits per heavy atom. The van der Waals surface area contributed by atoms with Crippen LogP contribution in [-0.4, -0.2) is 36.0 Å². The van der Waals surface area contributed by atoms with Crippen LogP contribution in [0.15, 0.2) is 23.9 Å². The number of amides is 1. The molecule has 0 saturated carbocycles. The quantitative estimate of drug-likeness (QED) is 0.279. The average Bonchev–Trinajstić information content (AvgIpc) is 2.50. The lowest BCUT2D eigenvalue weighted by atomic mass is 10.1. The lowest BCUT2D eigenvalue weighted by Crippen LogP contribution is -2.43. The summed E-state index contributed by atoms with van der Waals surface area (Å²) in [7, 11) is -2.22. The highest BCUT2D eigenvalue weighted by Gasteiger charge is 2.39. The summed E-state index contributed by atoms with van der Waals surface area (Å²) in [5.41, 5.74) is -1.72. The van der Waals surface area contributed by atoms with E-state index >= 15 is 0 Å². The van der Waals surface area contributed by atoms with E-state index in [9.17, 15) is 24.8 Å². The van der Waals surface area contributed by atoms with Crippen molar-refractivity contribution in [3.05, 3.63) is 39.6 Å². The smallest absolute Gasteiger partial charge is 0.412 e. The molecule has 1 amide bonds. The highest BCUT2D eigenvalue weighted by atomic mass is 28.4. The third kappa shape index (κ3) is 7.18. The van der Waals surface area contributed by atoms with Crippen molar-refractivity contribution < 1.29 is 28.8 Å². The molecule has 0 fully saturated rings. The number of nitrogens with zero attached hydrogens (tertiary/aromatic N) is 1. The van der Waals surface area contributed by atoms with Crippen molar-refractivity contribution in [2.24, 2.45) is 0 Å². The minimum Gasteiger partial charge on any atom is -0.543 e. The summed E-state index contributed by atoms with van der Waals surface area (Å²) in [6.45, 7) is 15.1. The predicted molar refractivity (Wildman–Crippen MR) is 116 cm³/mol. The SMILES string of the molecule is CC(C)(C)OC(=O)N/C(=C\c1cc(O[Si](C)(C)C(C)(C)C)ccc1[N+](=O)[O-])C(=O)O. The third-order valence-corrected chi connectivity index (χ3v) is 8.90. The van der Waals surface area contributed by atoms with Gasteiger partial charge in [-0.3, -0.25) is 15.4 Å². The van der Waals surface area contributed by atoms with Gasteiger partial charge in [-0.2, -0.15) is 0 Å². The van der Waals surface area contributed by atoms with Crippen LogP contribution in [0, 0.1) is 10.1 Å². The number of alkyl carbamates (subject to hydrolysis) is 1. The summed E-state index contributed by atoms with van der Waals surface area (Å²) in [6, 6.07) is 4.14. The Labute approximate surface area is 177 Å². The third-order valence-electron chi connectivity index (χ3n) is 4.54. The zero-order valence-electron chi connectivity index (χ0n) is 18.7. The topological polar surface area (TPSA) is 128 Å². The maximum Gasteiger partial charge on any atom is 0.412 e. The summed E-state index contributed by atoms with van der Waals surface area (Å²) in [4.78, 5) is 34.3. The van der Waals surface area contributed by atoms with Gasteiger partial charge in [-0.15, -0.1) is 0 Å². The molecule has 9 nitrogen and oxygen atoms in total. The number of carboxylic acids is 1. The molecule has 0 aliphatic carbocycles. The highest BCUT2D eigenvalue weighted by Crippen LogP contribution is 2.38. The monoisotopic (exact) mass is 438 g/mol. The van der Waals surface area contributed by atoms with Gasteiger partial charge in [0.2, 0.25) is 8.32 Å². The van der Waals surface area contributed by atoms with E-state index in [0.29, 0.717) is 5.75 Å². The number of hydrogen-bond acceptors (Lipinski definition) is 6. The van der Waals surface area contributed by atoms with Gasteiger partial charge in [0.1, 0.15) is 17.0 Å². The molecule has 0 spiro atoms. The molecule has 0 radical (unpaired) electrons. The van der Waals surface area contributed by atoms with E-state index in [4.69, 9.17) is 9.16 Å². The fraction of sp³-hybridized carbons (Fsp3) is 0.500. The second kappa shape index (κ2) is 8.86. The second-order valence-electron chi connectivity index (χ2n) is 9.33. The van der Waals surface area contributed by atoms with E-state index in [2.05, 4.69) is 26.1 Å². The first-order valence-electron chi connectivity index (χ1n) is 9.35. The molecule has 1 aromatic carbocycles. The molecular weight excluding hydrogens is 408 g/mol. The molecule has 166 valence electrons. The van der Waals surface area contributed by atoms with Crippen LogP contribution in [0.25, 0.3) is 6.08 Å². The summed E-state index contributed by atoms with van der Waals surface area (Å²) >= 11 is 0. The molecule has 0 heterocycles. The number of carboxylic acid groups (broad SMARTS) is 1. The predicted octanol–water partition coefficient (Wildman–Crippen LogP) is 4.93. The van der Waals surface area contributed by atoms with Crippen LogP contribution in [0.5, 0.6) is 5.75 Å². The first kappa shape index (κ1) is 25.2. The van der Waals surface area contributed by atoms with Crippen LogP contribution in [0.1, 0.15) is 47.1 Å². The number of nitro groups is 1. The number of benzene rings is 1. The molecule has 30 heavy (non-hydrogen) atoms. The first-order valence-corrected chi connectivity index (χ1v) is 12.3. The van der Waals surface area contributed by atoms with E-state index < -0.39 is 36.6 Å². The minimum atomic E-state index is -2.22. The van der Waals surface area contributed by atoms with Crippen LogP contribution in [0.2, 0.25) is 18.1 Å². The van der Waals surface area contributed by atoms with E-state index in [1.165, 1.54) is 18.2 Å². The second-order valence-corrected chi connectivity index (χ2v) is 14.1. The van der Waals surface area contributed by atoms with Crippen molar-refractivity contribution in [3.63, 3.8) is 0 Å². The van der Waals surface area contributed by atoms with E-state index in [1.54, 1.807) is 20.8 Å². The minimum absolute atomic E-state index is 0.00957. The van der Waals surface area contributed by atoms with Crippen molar-refractivity contribution in [1.82, 2.24) is 5.32 Å². The lowest BCUT2D eigenvalue weighted by Gasteiger charge is -2.36. The molecule has 1 rings (SSSR count). The number of nitrogens with one attached hydrogen (secondary N) is 1. The van der Waals surface area contributed by atoms with Crippen LogP contribution < -0.4 is 9.74 Å². The first-order chi connectivity index (χ1) is 13.4. The molecule has 0 aromatic heterocycles. The van der Waals surface area contributed by atoms with Gasteiger partial charge in [0.15, 0.2) is 0 Å². The molecule has 0 aliphatic heterocycles. The van der Waals surface area contributed by atoms with Crippen molar-refractivity contribution >= 4 is 32.1 Å². The molecule has 0 bridgehead atoms. The lowest BCUT2D eigenvalue weighted by molar-refractivity contribution is -0.385. The Morgan fingerprint density at radius 1 is 1.17 bits per heavy atom. The van der Waals surface area contributed by atoms with Crippen LogP contribution >= 0.6 is 0 Å². The van der Waals surface area contributed by atoms with Crippen LogP contribution in [0.4, 0.5) is 10.5 Å². The van der Waals surface area contributed by atoms with Gasteiger partial charge in [-0.25, -0.2) is 9.59 Å². The fourth-order valence-corrected chi connectivity index (χ4v) is 3.07. The van der Waals surface area contributed by atoms with Gasteiger partial charge in [-0.05, 0) is 57.1 Å². The van der Waals surface area contributed by atoms with Gasteiger partial charge >= 0.3 is 12.1 Å². The fourth-order valence-electron chi connectivity index (χ4n) is 2.05. The Balaban J connectivity index is 3.38. The van der Waals surface area contributed by atoms with E-state index in [1.807, 2.05) is 13.1 Å². The Hall–Kier alpha value is -2.88. The molecule has 10 heteroatoms. The molecule has 2 N–H and O–H groups in total. The normalized spacial score (nSPS) is 12.9. The summed E-state index contributed by atoms with van der Waals surface area (Å²) < 4.78 is 11.2. The van der Waals surface area contributed by atoms with Crippen molar-refractivity contribution in [3.8, 4) is 5.75 Å². The number of nitro benzene ring substituents is 1. The van der Waals surface area contributed by atoms with Gasteiger partial charge in [0, 0.05) is 6.07 Å². The standard InChI is InChI=1S/C20H30N2O7Si/c1-19(2,3)28-18(25)21-15(17(23)24)12-13-11-14(9-10-16(13)22(26)27)29-30(7,8)20(4,5)6/h9-12H,1-8H3,(H,21,25)(H,23,24)/b15-12-. The summed E-state index contributed by atoms with van der Waals surface area (Å²) in [5, 5.41) is 22.9. The maximum atomic E-state index is 12.0. The van der Waals surface area contributed by atoms with Crippen molar-refractivity contribution in [2.75, 3.05) is 0 Å². The van der Waals surface area contributed by atoms with Gasteiger partial charge in [-0.1, -0.05) is 20.8 Å². The van der Waals surface area contributed by atoms with E-state index in [0.717, 1.165) is 6.08 Å². The van der Waals surface area contributed by atoms with Crippen LogP contribution in [0.3, 0.4) is 0 Å². The number of ether oxygens (including phenoxy) is 1. The number of aliphatic carboxylic acids is 1. The van der Waals surface area contributed by atoms with Gasteiger partial charge in [0.25, 0.3) is 5.69 Å². The van der Waals surface area contributed by atoms with Crippen LogP contribution in [-0.2, 0) is 9.53 Å². The zero-order chi connectivity index (χ0) is 23.5. The number of hydrogen-bond donors (Lipinski definition) is 2. The highest BCUT2D eigenvalue weighted by molar-refractivity contribution is 6.74. The molecule has 0 aliphatic rings. The van der Waals surface area contributed by atoms with Crippen molar-refractivity contribution in [2.45, 2.75) is 65.3 Å². The Morgan fingerprint density at radius 2 is 1.73 bits per heavy atom. The average molecular weight is 439 g/mol. The molecular formula is C20H30N2O7Si. The Kier molecular flexibility index (Phi) is 7.43. The zero-order valence-corrected chi connectivity index (χ0v) is 19.7. The molecule has 1 aromatic rings. The van der Waals surface area contributed by atoms with Crippen molar-refractivity contribution in [1.29, 1.82) is 0 Å². The summed E-state index contributed by atoms with van der Waals surface area (Å²) in [6.07, 6.45) is 0.0376. The molecule has 0 unspecified atom stereocenters. The number of rotatable bonds is 6. The largest absolute Gasteiger partial charge is 0.543 e. The molecule has 0 atom stereocenters. The number of carbonyl (C=O) groups excluding carboxylic acids is 1. The molecule has 0 saturated heterocycles. The number of carbonyl (C=O) groups is 2.